The highest BCUT2D eigenvalue weighted by molar-refractivity contribution is 7.98. The van der Waals surface area contributed by atoms with Crippen LogP contribution in [0.25, 0.3) is 0 Å². The highest BCUT2D eigenvalue weighted by atomic mass is 32.2. The SMILES string of the molecule is CCC1(CC)C(=O)NC(C2CC2)C(=O)N1CCCSC. The number of nitrogens with zero attached hydrogens (tertiary/aromatic N) is 1. The van der Waals surface area contributed by atoms with Crippen molar-refractivity contribution in [2.45, 2.75) is 57.5 Å². The van der Waals surface area contributed by atoms with Crippen LogP contribution in [0.2, 0.25) is 0 Å². The third kappa shape index (κ3) is 2.69. The van der Waals surface area contributed by atoms with E-state index < -0.39 is 5.54 Å². The molecular formula is C15H26N2O2S. The highest BCUT2D eigenvalue weighted by Crippen LogP contribution is 2.38. The van der Waals surface area contributed by atoms with E-state index >= 15 is 0 Å². The topological polar surface area (TPSA) is 49.4 Å². The predicted octanol–water partition coefficient (Wildman–Crippen LogP) is 2.04. The number of carbonyl (C=O) groups excluding carboxylic acids is 2. The summed E-state index contributed by atoms with van der Waals surface area (Å²) in [5.74, 6) is 1.62. The van der Waals surface area contributed by atoms with E-state index in [2.05, 4.69) is 11.6 Å². The summed E-state index contributed by atoms with van der Waals surface area (Å²) in [5.41, 5.74) is -0.624. The summed E-state index contributed by atoms with van der Waals surface area (Å²) in [6.45, 7) is 4.72. The van der Waals surface area contributed by atoms with E-state index in [1.807, 2.05) is 18.7 Å². The Bertz CT molecular complexity index is 378. The second-order valence-electron chi connectivity index (χ2n) is 5.86. The van der Waals surface area contributed by atoms with Gasteiger partial charge in [0, 0.05) is 6.54 Å². The van der Waals surface area contributed by atoms with E-state index in [0.29, 0.717) is 25.3 Å². The first-order valence-electron chi connectivity index (χ1n) is 7.72. The molecule has 1 aliphatic carbocycles. The van der Waals surface area contributed by atoms with Crippen molar-refractivity contribution in [3.63, 3.8) is 0 Å². The van der Waals surface area contributed by atoms with Gasteiger partial charge in [-0.15, -0.1) is 0 Å². The molecule has 114 valence electrons. The molecule has 1 saturated heterocycles. The van der Waals surface area contributed by atoms with Crippen LogP contribution in [-0.4, -0.2) is 46.8 Å². The number of amides is 2. The maximum atomic E-state index is 12.8. The fourth-order valence-electron chi connectivity index (χ4n) is 3.23. The van der Waals surface area contributed by atoms with Gasteiger partial charge in [0.2, 0.25) is 11.8 Å². The smallest absolute Gasteiger partial charge is 0.246 e. The molecule has 1 unspecified atom stereocenters. The van der Waals surface area contributed by atoms with Crippen LogP contribution in [0.5, 0.6) is 0 Å². The second-order valence-corrected chi connectivity index (χ2v) is 6.85. The third-order valence-corrected chi connectivity index (χ3v) is 5.45. The lowest BCUT2D eigenvalue weighted by Gasteiger charge is -2.48. The zero-order valence-electron chi connectivity index (χ0n) is 12.8. The van der Waals surface area contributed by atoms with E-state index in [-0.39, 0.29) is 17.9 Å². The molecule has 2 amide bonds. The molecule has 20 heavy (non-hydrogen) atoms. The van der Waals surface area contributed by atoms with E-state index in [9.17, 15) is 9.59 Å². The summed E-state index contributed by atoms with van der Waals surface area (Å²) in [6, 6.07) is -0.261. The Balaban J connectivity index is 2.20. The largest absolute Gasteiger partial charge is 0.342 e. The minimum Gasteiger partial charge on any atom is -0.342 e. The summed E-state index contributed by atoms with van der Waals surface area (Å²) >= 11 is 1.79. The summed E-state index contributed by atoms with van der Waals surface area (Å²) in [7, 11) is 0. The summed E-state index contributed by atoms with van der Waals surface area (Å²) in [4.78, 5) is 27.3. The Kier molecular flexibility index (Phi) is 4.99. The highest BCUT2D eigenvalue weighted by Gasteiger charge is 2.53. The molecule has 0 aromatic rings. The van der Waals surface area contributed by atoms with Crippen molar-refractivity contribution in [3.05, 3.63) is 0 Å². The minimum atomic E-state index is -0.624. The van der Waals surface area contributed by atoms with Crippen molar-refractivity contribution in [1.29, 1.82) is 0 Å². The maximum Gasteiger partial charge on any atom is 0.246 e. The number of rotatable bonds is 7. The van der Waals surface area contributed by atoms with Gasteiger partial charge in [-0.25, -0.2) is 0 Å². The van der Waals surface area contributed by atoms with Crippen molar-refractivity contribution in [3.8, 4) is 0 Å². The number of piperazine rings is 1. The summed E-state index contributed by atoms with van der Waals surface area (Å²) in [5, 5.41) is 3.01. The van der Waals surface area contributed by atoms with E-state index in [4.69, 9.17) is 0 Å². The standard InChI is InChI=1S/C15H26N2O2S/c1-4-15(5-2)14(19)16-12(11-7-8-11)13(18)17(15)9-6-10-20-3/h11-12H,4-10H2,1-3H3,(H,16,19). The van der Waals surface area contributed by atoms with Crippen LogP contribution in [-0.2, 0) is 9.59 Å². The minimum absolute atomic E-state index is 0.0585. The first kappa shape index (κ1) is 15.7. The molecule has 4 nitrogen and oxygen atoms in total. The lowest BCUT2D eigenvalue weighted by molar-refractivity contribution is -0.159. The molecule has 0 radical (unpaired) electrons. The number of hydrogen-bond acceptors (Lipinski definition) is 3. The Morgan fingerprint density at radius 1 is 1.30 bits per heavy atom. The zero-order chi connectivity index (χ0) is 14.8. The predicted molar refractivity (Wildman–Crippen MR) is 82.7 cm³/mol. The molecule has 1 heterocycles. The molecule has 2 aliphatic rings. The van der Waals surface area contributed by atoms with Gasteiger partial charge < -0.3 is 10.2 Å². The van der Waals surface area contributed by atoms with Crippen molar-refractivity contribution in [2.24, 2.45) is 5.92 Å². The van der Waals surface area contributed by atoms with E-state index in [1.165, 1.54) is 0 Å². The second kappa shape index (κ2) is 6.37. The first-order valence-corrected chi connectivity index (χ1v) is 9.11. The fourth-order valence-corrected chi connectivity index (χ4v) is 3.65. The van der Waals surface area contributed by atoms with Gasteiger partial charge in [0.25, 0.3) is 0 Å². The van der Waals surface area contributed by atoms with Gasteiger partial charge >= 0.3 is 0 Å². The first-order chi connectivity index (χ1) is 9.60. The van der Waals surface area contributed by atoms with Gasteiger partial charge in [-0.1, -0.05) is 13.8 Å². The number of hydrogen-bond donors (Lipinski definition) is 1. The quantitative estimate of drug-likeness (QED) is 0.732. The van der Waals surface area contributed by atoms with E-state index in [0.717, 1.165) is 25.0 Å². The van der Waals surface area contributed by atoms with Crippen molar-refractivity contribution < 1.29 is 9.59 Å². The molecule has 1 N–H and O–H groups in total. The Morgan fingerprint density at radius 2 is 1.95 bits per heavy atom. The zero-order valence-corrected chi connectivity index (χ0v) is 13.6. The van der Waals surface area contributed by atoms with Crippen LogP contribution >= 0.6 is 11.8 Å². The molecule has 0 aromatic carbocycles. The monoisotopic (exact) mass is 298 g/mol. The van der Waals surface area contributed by atoms with Crippen molar-refractivity contribution in [1.82, 2.24) is 10.2 Å². The lowest BCUT2D eigenvalue weighted by atomic mass is 9.85. The molecule has 0 aromatic heterocycles. The average molecular weight is 298 g/mol. The molecule has 2 rings (SSSR count). The van der Waals surface area contributed by atoms with Crippen LogP contribution in [0.1, 0.15) is 46.0 Å². The van der Waals surface area contributed by atoms with Crippen molar-refractivity contribution >= 4 is 23.6 Å². The molecule has 2 fully saturated rings. The Labute approximate surface area is 126 Å². The van der Waals surface area contributed by atoms with Gasteiger partial charge in [0.15, 0.2) is 0 Å². The molecule has 1 atom stereocenters. The van der Waals surface area contributed by atoms with Crippen molar-refractivity contribution in [2.75, 3.05) is 18.6 Å². The van der Waals surface area contributed by atoms with Crippen LogP contribution in [0, 0.1) is 5.92 Å². The van der Waals surface area contributed by atoms with E-state index in [1.54, 1.807) is 11.8 Å². The third-order valence-electron chi connectivity index (χ3n) is 4.75. The van der Waals surface area contributed by atoms with Gasteiger partial charge in [-0.2, -0.15) is 11.8 Å². The van der Waals surface area contributed by atoms with Gasteiger partial charge in [-0.3, -0.25) is 9.59 Å². The van der Waals surface area contributed by atoms with Gasteiger partial charge in [0.1, 0.15) is 11.6 Å². The normalized spacial score (nSPS) is 25.8. The summed E-state index contributed by atoms with van der Waals surface area (Å²) < 4.78 is 0. The van der Waals surface area contributed by atoms with Gasteiger partial charge in [-0.05, 0) is 50.0 Å². The Hall–Kier alpha value is -0.710. The molecule has 0 spiro atoms. The molecule has 1 saturated carbocycles. The van der Waals surface area contributed by atoms with Crippen LogP contribution in [0.3, 0.4) is 0 Å². The average Bonchev–Trinajstić information content (AvgIpc) is 3.27. The van der Waals surface area contributed by atoms with Crippen LogP contribution in [0.4, 0.5) is 0 Å². The fraction of sp³-hybridized carbons (Fsp3) is 0.867. The van der Waals surface area contributed by atoms with Gasteiger partial charge in [0.05, 0.1) is 0 Å². The lowest BCUT2D eigenvalue weighted by Crippen LogP contribution is -2.70. The van der Waals surface area contributed by atoms with Crippen LogP contribution < -0.4 is 5.32 Å². The molecule has 1 aliphatic heterocycles. The molecular weight excluding hydrogens is 272 g/mol. The van der Waals surface area contributed by atoms with Crippen LogP contribution in [0.15, 0.2) is 0 Å². The maximum absolute atomic E-state index is 12.8. The number of nitrogens with one attached hydrogen (secondary N) is 1. The molecule has 0 bridgehead atoms. The number of thioether (sulfide) groups is 1. The molecule has 5 heteroatoms. The Morgan fingerprint density at radius 3 is 2.45 bits per heavy atom. The number of carbonyl (C=O) groups is 2. The summed E-state index contributed by atoms with van der Waals surface area (Å²) in [6.07, 6.45) is 6.56.